The fourth-order valence-corrected chi connectivity index (χ4v) is 2.27. The summed E-state index contributed by atoms with van der Waals surface area (Å²) in [6.45, 7) is 5.10. The van der Waals surface area contributed by atoms with Gasteiger partial charge < -0.3 is 14.9 Å². The van der Waals surface area contributed by atoms with E-state index in [-0.39, 0.29) is 19.6 Å². The van der Waals surface area contributed by atoms with Crippen molar-refractivity contribution < 1.29 is 24.5 Å². The molecule has 1 unspecified atom stereocenters. The molecule has 2 heterocycles. The molecule has 0 aromatic heterocycles. The fourth-order valence-electron chi connectivity index (χ4n) is 2.27. The van der Waals surface area contributed by atoms with Gasteiger partial charge in [0.1, 0.15) is 12.3 Å². The van der Waals surface area contributed by atoms with Crippen LogP contribution >= 0.6 is 0 Å². The van der Waals surface area contributed by atoms with Crippen LogP contribution in [0, 0.1) is 5.41 Å². The molecule has 7 heteroatoms. The first kappa shape index (κ1) is 14.0. The molecular weight excluding hydrogens is 252 g/mol. The maximum absolute atomic E-state index is 11.8. The van der Waals surface area contributed by atoms with Gasteiger partial charge in [-0.3, -0.25) is 15.0 Å². The highest BCUT2D eigenvalue weighted by Crippen LogP contribution is 2.30. The Balaban J connectivity index is 2.14. The molecule has 2 rings (SSSR count). The van der Waals surface area contributed by atoms with Gasteiger partial charge in [-0.25, -0.2) is 4.79 Å². The van der Waals surface area contributed by atoms with Gasteiger partial charge in [0, 0.05) is 13.0 Å². The summed E-state index contributed by atoms with van der Waals surface area (Å²) in [5.41, 5.74) is -0.889. The Kier molecular flexibility index (Phi) is 3.62. The first-order valence-corrected chi connectivity index (χ1v) is 6.11. The summed E-state index contributed by atoms with van der Waals surface area (Å²) in [4.78, 5) is 24.9. The normalized spacial score (nSPS) is 39.3. The van der Waals surface area contributed by atoms with Gasteiger partial charge in [0.15, 0.2) is 0 Å². The number of ether oxygens (including phenoxy) is 1. The number of urea groups is 1. The maximum atomic E-state index is 11.8. The van der Waals surface area contributed by atoms with E-state index < -0.39 is 35.8 Å². The molecule has 0 aromatic carbocycles. The third-order valence-corrected chi connectivity index (χ3v) is 3.68. The number of nitrogens with zero attached hydrogens (tertiary/aromatic N) is 1. The molecule has 0 aromatic rings. The lowest BCUT2D eigenvalue weighted by molar-refractivity contribution is -0.133. The number of carbonyl (C=O) groups is 2. The van der Waals surface area contributed by atoms with Crippen LogP contribution in [0.15, 0.2) is 12.7 Å². The molecule has 2 aliphatic rings. The van der Waals surface area contributed by atoms with Gasteiger partial charge >= 0.3 is 6.03 Å². The predicted octanol–water partition coefficient (Wildman–Crippen LogP) is -0.801. The van der Waals surface area contributed by atoms with Crippen LogP contribution in [0.25, 0.3) is 0 Å². The minimum Gasteiger partial charge on any atom is -0.394 e. The highest BCUT2D eigenvalue weighted by atomic mass is 16.5. The van der Waals surface area contributed by atoms with Gasteiger partial charge in [-0.05, 0) is 6.92 Å². The summed E-state index contributed by atoms with van der Waals surface area (Å²) < 4.78 is 5.43. The molecule has 2 fully saturated rings. The van der Waals surface area contributed by atoms with Crippen LogP contribution in [-0.4, -0.2) is 58.6 Å². The lowest BCUT2D eigenvalue weighted by atomic mass is 9.87. The molecule has 2 saturated heterocycles. The molecule has 7 nitrogen and oxygen atoms in total. The van der Waals surface area contributed by atoms with Gasteiger partial charge in [0.25, 0.3) is 0 Å². The Morgan fingerprint density at radius 3 is 2.84 bits per heavy atom. The number of aliphatic hydroxyl groups is 2. The van der Waals surface area contributed by atoms with E-state index in [1.165, 1.54) is 11.0 Å². The molecule has 0 spiro atoms. The predicted molar refractivity (Wildman–Crippen MR) is 64.9 cm³/mol. The first-order valence-electron chi connectivity index (χ1n) is 6.11. The average Bonchev–Trinajstić information content (AvgIpc) is 2.75. The Morgan fingerprint density at radius 2 is 2.32 bits per heavy atom. The molecule has 19 heavy (non-hydrogen) atoms. The van der Waals surface area contributed by atoms with Crippen molar-refractivity contribution in [3.63, 3.8) is 0 Å². The van der Waals surface area contributed by atoms with Crippen LogP contribution in [-0.2, 0) is 9.53 Å². The standard InChI is InChI=1S/C12H18N2O5/c1-3-12(2)6-14(11(18)13-10(12)17)9-4-7(16)8(5-15)19-9/h3,7-9,15-16H,1,4-6H2,2H3,(H,13,17,18)/t7-,8+,9+,12?/m0/s1. The molecule has 0 aliphatic carbocycles. The van der Waals surface area contributed by atoms with Gasteiger partial charge in [-0.2, -0.15) is 0 Å². The van der Waals surface area contributed by atoms with Crippen LogP contribution in [0.3, 0.4) is 0 Å². The third kappa shape index (κ3) is 2.36. The summed E-state index contributed by atoms with van der Waals surface area (Å²) in [6.07, 6.45) is -0.489. The second kappa shape index (κ2) is 4.92. The van der Waals surface area contributed by atoms with E-state index >= 15 is 0 Å². The van der Waals surface area contributed by atoms with Gasteiger partial charge in [-0.1, -0.05) is 6.08 Å². The summed E-state index contributed by atoms with van der Waals surface area (Å²) in [7, 11) is 0. The van der Waals surface area contributed by atoms with Gasteiger partial charge in [-0.15, -0.1) is 6.58 Å². The third-order valence-electron chi connectivity index (χ3n) is 3.68. The molecule has 3 N–H and O–H groups in total. The summed E-state index contributed by atoms with van der Waals surface area (Å²) in [5, 5.41) is 21.0. The first-order chi connectivity index (χ1) is 8.91. The number of nitrogens with one attached hydrogen (secondary N) is 1. The minimum absolute atomic E-state index is 0.136. The van der Waals surface area contributed by atoms with Gasteiger partial charge in [0.2, 0.25) is 5.91 Å². The van der Waals surface area contributed by atoms with Crippen molar-refractivity contribution in [1.82, 2.24) is 10.2 Å². The van der Waals surface area contributed by atoms with Crippen LogP contribution in [0.4, 0.5) is 4.79 Å². The summed E-state index contributed by atoms with van der Waals surface area (Å²) in [5.74, 6) is -0.402. The SMILES string of the molecule is C=CC1(C)CN([C@H]2C[C@H](O)[C@@H](CO)O2)C(=O)NC1=O. The van der Waals surface area contributed by atoms with E-state index in [1.54, 1.807) is 6.92 Å². The number of rotatable bonds is 3. The second-order valence-corrected chi connectivity index (χ2v) is 5.12. The molecule has 4 atom stereocenters. The molecule has 106 valence electrons. The quantitative estimate of drug-likeness (QED) is 0.583. The molecular formula is C12H18N2O5. The molecule has 0 radical (unpaired) electrons. The zero-order chi connectivity index (χ0) is 14.2. The fraction of sp³-hybridized carbons (Fsp3) is 0.667. The van der Waals surface area contributed by atoms with Crippen LogP contribution in [0.1, 0.15) is 13.3 Å². The number of carbonyl (C=O) groups excluding carboxylic acids is 2. The number of hydrogen-bond acceptors (Lipinski definition) is 5. The molecule has 2 aliphatic heterocycles. The van der Waals surface area contributed by atoms with E-state index in [2.05, 4.69) is 11.9 Å². The Labute approximate surface area is 110 Å². The lowest BCUT2D eigenvalue weighted by Gasteiger charge is -2.39. The highest BCUT2D eigenvalue weighted by Gasteiger charge is 2.46. The van der Waals surface area contributed by atoms with Crippen molar-refractivity contribution in [2.24, 2.45) is 5.41 Å². The van der Waals surface area contributed by atoms with Crippen molar-refractivity contribution in [2.45, 2.75) is 31.8 Å². The van der Waals surface area contributed by atoms with E-state index in [0.29, 0.717) is 0 Å². The zero-order valence-corrected chi connectivity index (χ0v) is 10.7. The van der Waals surface area contributed by atoms with E-state index in [9.17, 15) is 14.7 Å². The largest absolute Gasteiger partial charge is 0.394 e. The molecule has 3 amide bonds. The maximum Gasteiger partial charge on any atom is 0.326 e. The monoisotopic (exact) mass is 270 g/mol. The van der Waals surface area contributed by atoms with Crippen molar-refractivity contribution in [3.05, 3.63) is 12.7 Å². The van der Waals surface area contributed by atoms with Crippen molar-refractivity contribution in [2.75, 3.05) is 13.2 Å². The van der Waals surface area contributed by atoms with Crippen LogP contribution in [0.2, 0.25) is 0 Å². The van der Waals surface area contributed by atoms with Crippen molar-refractivity contribution in [1.29, 1.82) is 0 Å². The Morgan fingerprint density at radius 1 is 1.63 bits per heavy atom. The topological polar surface area (TPSA) is 99.1 Å². The summed E-state index contributed by atoms with van der Waals surface area (Å²) >= 11 is 0. The summed E-state index contributed by atoms with van der Waals surface area (Å²) in [6, 6.07) is -0.555. The number of hydrogen-bond donors (Lipinski definition) is 3. The Hall–Kier alpha value is -1.44. The highest BCUT2D eigenvalue weighted by molar-refractivity contribution is 6.00. The van der Waals surface area contributed by atoms with Crippen molar-refractivity contribution in [3.8, 4) is 0 Å². The second-order valence-electron chi connectivity index (χ2n) is 5.12. The van der Waals surface area contributed by atoms with Gasteiger partial charge in [0.05, 0.1) is 18.1 Å². The average molecular weight is 270 g/mol. The minimum atomic E-state index is -0.889. The number of aliphatic hydroxyl groups excluding tert-OH is 2. The number of imide groups is 1. The molecule has 0 bridgehead atoms. The Bertz CT molecular complexity index is 413. The number of amides is 3. The van der Waals surface area contributed by atoms with E-state index in [0.717, 1.165) is 0 Å². The zero-order valence-electron chi connectivity index (χ0n) is 10.7. The van der Waals surface area contributed by atoms with E-state index in [1.807, 2.05) is 0 Å². The molecule has 0 saturated carbocycles. The van der Waals surface area contributed by atoms with Crippen molar-refractivity contribution >= 4 is 11.9 Å². The van der Waals surface area contributed by atoms with Crippen LogP contribution < -0.4 is 5.32 Å². The van der Waals surface area contributed by atoms with Crippen LogP contribution in [0.5, 0.6) is 0 Å². The lowest BCUT2D eigenvalue weighted by Crippen LogP contribution is -2.61. The van der Waals surface area contributed by atoms with E-state index in [4.69, 9.17) is 9.84 Å². The smallest absolute Gasteiger partial charge is 0.326 e.